The van der Waals surface area contributed by atoms with E-state index in [0.717, 1.165) is 13.1 Å². The molecule has 0 saturated heterocycles. The maximum Gasteiger partial charge on any atom is 0.265 e. The fourth-order valence-electron chi connectivity index (χ4n) is 2.77. The molecule has 0 aliphatic rings. The normalized spacial score (nSPS) is 10.1. The molecule has 0 spiro atoms. The number of hydrogen-bond acceptors (Lipinski definition) is 2. The van der Waals surface area contributed by atoms with E-state index >= 15 is 0 Å². The van der Waals surface area contributed by atoms with Crippen LogP contribution in [0.2, 0.25) is 0 Å². The van der Waals surface area contributed by atoms with Crippen molar-refractivity contribution in [3.63, 3.8) is 0 Å². The van der Waals surface area contributed by atoms with Gasteiger partial charge in [0.05, 0.1) is 13.1 Å². The van der Waals surface area contributed by atoms with E-state index in [1.807, 2.05) is 46.8 Å². The van der Waals surface area contributed by atoms with Gasteiger partial charge in [-0.1, -0.05) is 70.0 Å². The molecule has 0 aliphatic carbocycles. The van der Waals surface area contributed by atoms with Gasteiger partial charge in [0.1, 0.15) is 0 Å². The summed E-state index contributed by atoms with van der Waals surface area (Å²) in [6.45, 7) is 2.21. The first-order valence-corrected chi connectivity index (χ1v) is 8.26. The summed E-state index contributed by atoms with van der Waals surface area (Å²) in [5.74, 6) is 0. The molecule has 2 aromatic heterocycles. The lowest BCUT2D eigenvalue weighted by Crippen LogP contribution is -3.00. The van der Waals surface area contributed by atoms with Crippen LogP contribution in [0.5, 0.6) is 0 Å². The van der Waals surface area contributed by atoms with Gasteiger partial charge in [-0.3, -0.25) is 0 Å². The van der Waals surface area contributed by atoms with Crippen molar-refractivity contribution >= 4 is 0 Å². The van der Waals surface area contributed by atoms with Crippen LogP contribution >= 0.6 is 0 Å². The van der Waals surface area contributed by atoms with Gasteiger partial charge in [-0.05, 0) is 11.1 Å². The Morgan fingerprint density at radius 1 is 0.630 bits per heavy atom. The lowest BCUT2D eigenvalue weighted by Gasteiger charge is -1.96. The first-order valence-electron chi connectivity index (χ1n) is 8.26. The molecule has 0 bridgehead atoms. The molecule has 0 saturated carbocycles. The van der Waals surface area contributed by atoms with Crippen molar-refractivity contribution < 1.29 is 43.1 Å². The highest BCUT2D eigenvalue weighted by molar-refractivity contribution is 5.13. The van der Waals surface area contributed by atoms with Crippen LogP contribution < -0.4 is 43.1 Å². The first kappa shape index (κ1) is 21.0. The Morgan fingerprint density at radius 3 is 1.44 bits per heavy atom. The van der Waals surface area contributed by atoms with Gasteiger partial charge in [0.2, 0.25) is 12.7 Å². The quantitative estimate of drug-likeness (QED) is 0.254. The van der Waals surface area contributed by atoms with Crippen LogP contribution in [0.3, 0.4) is 0 Å². The van der Waals surface area contributed by atoms with Crippen LogP contribution in [-0.4, -0.2) is 19.6 Å². The minimum atomic E-state index is 0. The van der Waals surface area contributed by atoms with Gasteiger partial charge in [-0.15, -0.1) is 0 Å². The summed E-state index contributed by atoms with van der Waals surface area (Å²) in [7, 11) is 0. The van der Waals surface area contributed by atoms with Gasteiger partial charge in [-0.25, -0.2) is 9.13 Å². The molecule has 140 valence electrons. The Balaban J connectivity index is 0.00000131. The van der Waals surface area contributed by atoms with E-state index in [4.69, 9.17) is 0 Å². The first-order chi connectivity index (χ1) is 12.3. The molecule has 4 aromatic rings. The van der Waals surface area contributed by atoms with E-state index in [0.29, 0.717) is 6.67 Å². The molecule has 0 aliphatic heterocycles. The summed E-state index contributed by atoms with van der Waals surface area (Å²) in [6.07, 6.45) is 7.68. The number of rotatable bonds is 6. The summed E-state index contributed by atoms with van der Waals surface area (Å²) in [4.78, 5) is 0. The largest absolute Gasteiger partial charge is 1.00 e. The van der Waals surface area contributed by atoms with Crippen LogP contribution in [-0.2, 0) is 19.8 Å². The third kappa shape index (κ3) is 5.83. The van der Waals surface area contributed by atoms with E-state index in [2.05, 4.69) is 67.9 Å². The predicted molar refractivity (Wildman–Crippen MR) is 91.3 cm³/mol. The standard InChI is InChI=1S/C19H20N6.2BrH/c1-3-7-18(8-4-1)11-22-13-20-24(15-22)17-25-16-23(14-21-25)12-19-9-5-2-6-10-19;;/h1-10,13-16H,11-12,17H2;2*1H/q+2;;/p-2. The molecule has 0 radical (unpaired) electrons. The van der Waals surface area contributed by atoms with E-state index in [1.54, 1.807) is 0 Å². The monoisotopic (exact) mass is 490 g/mol. The molecule has 0 unspecified atom stereocenters. The smallest absolute Gasteiger partial charge is 0.265 e. The Labute approximate surface area is 179 Å². The average molecular weight is 492 g/mol. The second-order valence-corrected chi connectivity index (χ2v) is 6.03. The summed E-state index contributed by atoms with van der Waals surface area (Å²) in [5, 5.41) is 8.82. The van der Waals surface area contributed by atoms with E-state index < -0.39 is 0 Å². The second kappa shape index (κ2) is 10.1. The predicted octanol–water partition coefficient (Wildman–Crippen LogP) is -4.73. The van der Waals surface area contributed by atoms with Gasteiger partial charge in [0.15, 0.2) is 0 Å². The van der Waals surface area contributed by atoms with Crippen molar-refractivity contribution in [1.29, 1.82) is 0 Å². The molecule has 4 rings (SSSR count). The number of aromatic nitrogens is 6. The Morgan fingerprint density at radius 2 is 1.04 bits per heavy atom. The molecular formula is C19H20Br2N6. The molecule has 0 N–H and O–H groups in total. The molecule has 8 heteroatoms. The molecule has 6 nitrogen and oxygen atoms in total. The van der Waals surface area contributed by atoms with E-state index in [9.17, 15) is 0 Å². The molecule has 0 fully saturated rings. The molecular weight excluding hydrogens is 472 g/mol. The average Bonchev–Trinajstić information content (AvgIpc) is 3.27. The number of nitrogens with zero attached hydrogens (tertiary/aromatic N) is 6. The maximum absolute atomic E-state index is 4.41. The number of hydrogen-bond donors (Lipinski definition) is 0. The highest BCUT2D eigenvalue weighted by atomic mass is 79.9. The summed E-state index contributed by atoms with van der Waals surface area (Å²) < 4.78 is 7.89. The third-order valence-electron chi connectivity index (χ3n) is 3.97. The van der Waals surface area contributed by atoms with Gasteiger partial charge in [-0.2, -0.15) is 0 Å². The molecule has 2 heterocycles. The number of benzene rings is 2. The van der Waals surface area contributed by atoms with Gasteiger partial charge in [0, 0.05) is 10.2 Å². The highest BCUT2D eigenvalue weighted by Crippen LogP contribution is 1.98. The zero-order valence-electron chi connectivity index (χ0n) is 14.6. The minimum Gasteiger partial charge on any atom is -1.00 e. The van der Waals surface area contributed by atoms with Crippen molar-refractivity contribution in [2.24, 2.45) is 0 Å². The fraction of sp³-hybridized carbons (Fsp3) is 0.158. The van der Waals surface area contributed by atoms with E-state index in [1.165, 1.54) is 11.1 Å². The molecule has 27 heavy (non-hydrogen) atoms. The SMILES string of the molecule is [Br-].[Br-].c1ccc(C[n+]2cnn(Cn3c[n+](Cc4ccccc4)cn3)c2)cc1. The summed E-state index contributed by atoms with van der Waals surface area (Å²) >= 11 is 0. The van der Waals surface area contributed by atoms with Crippen LogP contribution in [0.25, 0.3) is 0 Å². The van der Waals surface area contributed by atoms with Crippen LogP contribution in [0.1, 0.15) is 11.1 Å². The second-order valence-electron chi connectivity index (χ2n) is 6.03. The van der Waals surface area contributed by atoms with Crippen molar-refractivity contribution in [3.8, 4) is 0 Å². The Hall–Kier alpha value is -2.32. The Kier molecular flexibility index (Phi) is 7.87. The Bertz CT molecular complexity index is 859. The van der Waals surface area contributed by atoms with Crippen molar-refractivity contribution in [1.82, 2.24) is 19.6 Å². The summed E-state index contributed by atoms with van der Waals surface area (Å²) in [5.41, 5.74) is 2.51. The summed E-state index contributed by atoms with van der Waals surface area (Å²) in [6, 6.07) is 20.7. The third-order valence-corrected chi connectivity index (χ3v) is 3.97. The lowest BCUT2D eigenvalue weighted by molar-refractivity contribution is -0.689. The zero-order chi connectivity index (χ0) is 16.9. The highest BCUT2D eigenvalue weighted by Gasteiger charge is 2.12. The molecule has 0 amide bonds. The van der Waals surface area contributed by atoms with Crippen molar-refractivity contribution in [3.05, 3.63) is 97.1 Å². The molecule has 0 atom stereocenters. The van der Waals surface area contributed by atoms with Gasteiger partial charge < -0.3 is 34.0 Å². The van der Waals surface area contributed by atoms with Crippen LogP contribution in [0.15, 0.2) is 86.0 Å². The van der Waals surface area contributed by atoms with Crippen molar-refractivity contribution in [2.75, 3.05) is 0 Å². The van der Waals surface area contributed by atoms with Crippen LogP contribution in [0, 0.1) is 0 Å². The zero-order valence-corrected chi connectivity index (χ0v) is 17.8. The van der Waals surface area contributed by atoms with E-state index in [-0.39, 0.29) is 34.0 Å². The molecule has 2 aromatic carbocycles. The minimum absolute atomic E-state index is 0. The topological polar surface area (TPSA) is 43.4 Å². The number of halogens is 2. The maximum atomic E-state index is 4.41. The fourth-order valence-corrected chi connectivity index (χ4v) is 2.77. The lowest BCUT2D eigenvalue weighted by atomic mass is 10.2. The van der Waals surface area contributed by atoms with Crippen molar-refractivity contribution in [2.45, 2.75) is 19.8 Å². The van der Waals surface area contributed by atoms with Gasteiger partial charge >= 0.3 is 0 Å². The van der Waals surface area contributed by atoms with Crippen LogP contribution in [0.4, 0.5) is 0 Å². The van der Waals surface area contributed by atoms with Gasteiger partial charge in [0.25, 0.3) is 19.3 Å².